The van der Waals surface area contributed by atoms with Gasteiger partial charge >= 0.3 is 0 Å². The van der Waals surface area contributed by atoms with E-state index in [-0.39, 0.29) is 5.41 Å². The summed E-state index contributed by atoms with van der Waals surface area (Å²) in [5.41, 5.74) is 14.0. The van der Waals surface area contributed by atoms with Crippen molar-refractivity contribution in [2.24, 2.45) is 0 Å². The molecule has 1 aliphatic heterocycles. The minimum atomic E-state index is -0.306. The van der Waals surface area contributed by atoms with Crippen molar-refractivity contribution in [3.63, 3.8) is 0 Å². The number of hydrogen-bond acceptors (Lipinski definition) is 2. The smallest absolute Gasteiger partial charge is 0.0781 e. The van der Waals surface area contributed by atoms with E-state index in [1.165, 1.54) is 87.8 Å². The highest BCUT2D eigenvalue weighted by Crippen LogP contribution is 2.58. The van der Waals surface area contributed by atoms with Gasteiger partial charge in [0.1, 0.15) is 0 Å². The lowest BCUT2D eigenvalue weighted by Gasteiger charge is -2.44. The molecule has 1 aliphatic rings. The maximum absolute atomic E-state index is 2.57. The van der Waals surface area contributed by atoms with Crippen LogP contribution in [-0.2, 0) is 5.41 Å². The SMILES string of the molecule is CC1(C)c2ccccc2N(c2c(N(c3ccc(-c4ccccc4)cc3)c3cccc4c3ccc3ccccc34)ccc3ccccc23)c2cccc(-c3ccc4ccccc4c3)c21. The molecule has 12 rings (SSSR count). The maximum Gasteiger partial charge on any atom is 0.0781 e. The molecule has 0 fully saturated rings. The number of para-hydroxylation sites is 1. The van der Waals surface area contributed by atoms with Gasteiger partial charge in [0.15, 0.2) is 0 Å². The van der Waals surface area contributed by atoms with Gasteiger partial charge < -0.3 is 9.80 Å². The lowest BCUT2D eigenvalue weighted by atomic mass is 9.70. The van der Waals surface area contributed by atoms with E-state index >= 15 is 0 Å². The second kappa shape index (κ2) is 14.6. The molecular weight excluding hydrogens is 761 g/mol. The average molecular weight is 805 g/mol. The normalized spacial score (nSPS) is 13.0. The van der Waals surface area contributed by atoms with E-state index in [2.05, 4.69) is 254 Å². The van der Waals surface area contributed by atoms with Gasteiger partial charge in [0.05, 0.1) is 28.4 Å². The molecule has 0 amide bonds. The Morgan fingerprint density at radius 2 is 0.952 bits per heavy atom. The molecule has 0 radical (unpaired) electrons. The van der Waals surface area contributed by atoms with E-state index < -0.39 is 0 Å². The van der Waals surface area contributed by atoms with Crippen LogP contribution in [-0.4, -0.2) is 0 Å². The molecule has 1 heterocycles. The number of nitrogens with zero attached hydrogens (tertiary/aromatic N) is 2. The van der Waals surface area contributed by atoms with Gasteiger partial charge in [-0.15, -0.1) is 0 Å². The van der Waals surface area contributed by atoms with Gasteiger partial charge in [0, 0.05) is 21.9 Å². The summed E-state index contributed by atoms with van der Waals surface area (Å²) in [5, 5.41) is 9.77. The van der Waals surface area contributed by atoms with Crippen molar-refractivity contribution in [2.45, 2.75) is 19.3 Å². The summed E-state index contributed by atoms with van der Waals surface area (Å²) in [7, 11) is 0. The van der Waals surface area contributed by atoms with Gasteiger partial charge in [0.25, 0.3) is 0 Å². The first kappa shape index (κ1) is 36.9. The Balaban J connectivity index is 1.17. The van der Waals surface area contributed by atoms with Crippen LogP contribution in [0, 0.1) is 0 Å². The van der Waals surface area contributed by atoms with Crippen molar-refractivity contribution in [3.05, 3.63) is 242 Å². The molecule has 0 bridgehead atoms. The molecule has 0 spiro atoms. The van der Waals surface area contributed by atoms with Crippen molar-refractivity contribution in [1.82, 2.24) is 0 Å². The minimum absolute atomic E-state index is 0.306. The maximum atomic E-state index is 2.57. The summed E-state index contributed by atoms with van der Waals surface area (Å²) in [5.74, 6) is 0. The monoisotopic (exact) mass is 804 g/mol. The molecule has 0 aliphatic carbocycles. The van der Waals surface area contributed by atoms with Crippen molar-refractivity contribution < 1.29 is 0 Å². The van der Waals surface area contributed by atoms with Crippen LogP contribution in [0.1, 0.15) is 25.0 Å². The summed E-state index contributed by atoms with van der Waals surface area (Å²) in [4.78, 5) is 5.08. The van der Waals surface area contributed by atoms with Crippen LogP contribution in [0.4, 0.5) is 34.1 Å². The highest BCUT2D eigenvalue weighted by atomic mass is 15.2. The molecule has 0 saturated heterocycles. The summed E-state index contributed by atoms with van der Waals surface area (Å²) in [6, 6.07) is 85.0. The van der Waals surface area contributed by atoms with Gasteiger partial charge in [-0.2, -0.15) is 0 Å². The molecule has 63 heavy (non-hydrogen) atoms. The van der Waals surface area contributed by atoms with E-state index in [4.69, 9.17) is 0 Å². The van der Waals surface area contributed by atoms with E-state index in [1.807, 2.05) is 0 Å². The second-order valence-electron chi connectivity index (χ2n) is 17.3. The fourth-order valence-corrected chi connectivity index (χ4v) is 10.4. The molecule has 0 aromatic heterocycles. The zero-order valence-corrected chi connectivity index (χ0v) is 35.3. The molecule has 2 heteroatoms. The van der Waals surface area contributed by atoms with Gasteiger partial charge in [-0.3, -0.25) is 0 Å². The third-order valence-corrected chi connectivity index (χ3v) is 13.4. The highest BCUT2D eigenvalue weighted by Gasteiger charge is 2.40. The molecule has 0 saturated carbocycles. The first-order chi connectivity index (χ1) is 31.0. The van der Waals surface area contributed by atoms with E-state index in [1.54, 1.807) is 0 Å². The molecule has 0 unspecified atom stereocenters. The Morgan fingerprint density at radius 1 is 0.365 bits per heavy atom. The highest BCUT2D eigenvalue weighted by molar-refractivity contribution is 6.15. The van der Waals surface area contributed by atoms with Crippen LogP contribution >= 0.6 is 0 Å². The predicted octanol–water partition coefficient (Wildman–Crippen LogP) is 17.2. The minimum Gasteiger partial charge on any atom is -0.308 e. The average Bonchev–Trinajstić information content (AvgIpc) is 3.34. The first-order valence-corrected chi connectivity index (χ1v) is 21.9. The first-order valence-electron chi connectivity index (χ1n) is 21.9. The van der Waals surface area contributed by atoms with Gasteiger partial charge in [-0.05, 0) is 108 Å². The second-order valence-corrected chi connectivity index (χ2v) is 17.3. The Kier molecular flexibility index (Phi) is 8.55. The standard InChI is InChI=1S/C61H44N2/c1-61(2)54-26-12-13-27-56(54)63(57-29-14-24-50(59(57)61)47-31-30-42-18-6-7-21-46(42)40-47)60-51-23-11-9-20-45(51)35-39-58(60)62(48-36-32-43(33-37-48)41-16-4-3-5-17-41)55-28-15-25-52-49-22-10-8-19-44(49)34-38-53(52)55/h3-40H,1-2H3. The Bertz CT molecular complexity index is 3550. The lowest BCUT2D eigenvalue weighted by molar-refractivity contribution is 0.634. The third kappa shape index (κ3) is 5.94. The Hall–Kier alpha value is -7.94. The van der Waals surface area contributed by atoms with Gasteiger partial charge in [-0.1, -0.05) is 202 Å². The van der Waals surface area contributed by atoms with Crippen LogP contribution in [0.15, 0.2) is 231 Å². The molecule has 2 nitrogen and oxygen atoms in total. The number of anilines is 6. The van der Waals surface area contributed by atoms with Crippen LogP contribution in [0.25, 0.3) is 65.3 Å². The Labute approximate surface area is 368 Å². The number of benzene rings is 11. The van der Waals surface area contributed by atoms with Gasteiger partial charge in [0.2, 0.25) is 0 Å². The summed E-state index contributed by atoms with van der Waals surface area (Å²) in [6.45, 7) is 4.80. The molecule has 0 N–H and O–H groups in total. The number of rotatable bonds is 6. The van der Waals surface area contributed by atoms with E-state index in [0.717, 1.165) is 22.7 Å². The Morgan fingerprint density at radius 3 is 1.78 bits per heavy atom. The molecule has 298 valence electrons. The fraction of sp³-hybridized carbons (Fsp3) is 0.0492. The molecular formula is C61H44N2. The van der Waals surface area contributed by atoms with Crippen LogP contribution < -0.4 is 9.80 Å². The molecule has 11 aromatic carbocycles. The van der Waals surface area contributed by atoms with Crippen LogP contribution in [0.5, 0.6) is 0 Å². The summed E-state index contributed by atoms with van der Waals surface area (Å²) >= 11 is 0. The van der Waals surface area contributed by atoms with Crippen LogP contribution in [0.2, 0.25) is 0 Å². The number of fused-ring (bicyclic) bond motifs is 7. The van der Waals surface area contributed by atoms with Crippen molar-refractivity contribution in [3.8, 4) is 22.3 Å². The third-order valence-electron chi connectivity index (χ3n) is 13.4. The number of hydrogen-bond donors (Lipinski definition) is 0. The van der Waals surface area contributed by atoms with E-state index in [0.29, 0.717) is 0 Å². The van der Waals surface area contributed by atoms with E-state index in [9.17, 15) is 0 Å². The van der Waals surface area contributed by atoms with Gasteiger partial charge in [-0.25, -0.2) is 0 Å². The summed E-state index contributed by atoms with van der Waals surface area (Å²) < 4.78 is 0. The van der Waals surface area contributed by atoms with Crippen molar-refractivity contribution in [1.29, 1.82) is 0 Å². The van der Waals surface area contributed by atoms with Crippen LogP contribution in [0.3, 0.4) is 0 Å². The fourth-order valence-electron chi connectivity index (χ4n) is 10.4. The van der Waals surface area contributed by atoms with Crippen molar-refractivity contribution in [2.75, 3.05) is 9.80 Å². The lowest BCUT2D eigenvalue weighted by Crippen LogP contribution is -2.32. The molecule has 0 atom stereocenters. The van der Waals surface area contributed by atoms with Crippen molar-refractivity contribution >= 4 is 77.2 Å². The zero-order valence-electron chi connectivity index (χ0n) is 35.3. The largest absolute Gasteiger partial charge is 0.308 e. The molecule has 11 aromatic rings. The predicted molar refractivity (Wildman–Crippen MR) is 269 cm³/mol. The zero-order chi connectivity index (χ0) is 42.1. The quantitative estimate of drug-likeness (QED) is 0.155. The topological polar surface area (TPSA) is 6.48 Å². The summed E-state index contributed by atoms with van der Waals surface area (Å²) in [6.07, 6.45) is 0.